The minimum absolute atomic E-state index is 0.0209. The number of allylic oxidation sites excluding steroid dienone is 1. The fraction of sp³-hybridized carbons (Fsp3) is 0.400. The van der Waals surface area contributed by atoms with Crippen molar-refractivity contribution in [2.45, 2.75) is 38.5 Å². The Morgan fingerprint density at radius 2 is 2.09 bits per heavy atom. The molecule has 1 aliphatic rings. The van der Waals surface area contributed by atoms with Crippen molar-refractivity contribution < 1.29 is 23.5 Å². The van der Waals surface area contributed by atoms with Crippen LogP contribution in [0.15, 0.2) is 28.9 Å². The van der Waals surface area contributed by atoms with E-state index in [1.54, 1.807) is 18.4 Å². The van der Waals surface area contributed by atoms with Gasteiger partial charge in [0.15, 0.2) is 17.1 Å². The molecule has 0 bridgehead atoms. The van der Waals surface area contributed by atoms with Crippen molar-refractivity contribution >= 4 is 34.5 Å². The summed E-state index contributed by atoms with van der Waals surface area (Å²) in [5.74, 6) is 2.60. The van der Waals surface area contributed by atoms with Gasteiger partial charge < -0.3 is 20.2 Å². The van der Waals surface area contributed by atoms with Crippen LogP contribution in [0.4, 0.5) is 0 Å². The zero-order valence-electron chi connectivity index (χ0n) is 18.0. The molecule has 1 aliphatic carbocycles. The lowest BCUT2D eigenvalue weighted by Crippen LogP contribution is -2.35. The average Bonchev–Trinajstić information content (AvgIpc) is 3.25. The van der Waals surface area contributed by atoms with Gasteiger partial charge in [-0.25, -0.2) is 0 Å². The molecule has 2 aromatic rings. The number of carbonyl (C=O) groups excluding carboxylic acids is 3. The Bertz CT molecular complexity index is 1060. The van der Waals surface area contributed by atoms with Crippen LogP contribution in [0.1, 0.15) is 43.2 Å². The van der Waals surface area contributed by atoms with E-state index in [4.69, 9.17) is 21.3 Å². The molecule has 1 amide bonds. The number of benzene rings is 1. The van der Waals surface area contributed by atoms with Crippen LogP contribution in [0.3, 0.4) is 0 Å². The topological polar surface area (TPSA) is 112 Å². The number of terminal acetylenes is 1. The van der Waals surface area contributed by atoms with Gasteiger partial charge in [0, 0.05) is 49.7 Å². The van der Waals surface area contributed by atoms with Crippen molar-refractivity contribution in [2.24, 2.45) is 11.7 Å². The Morgan fingerprint density at radius 1 is 1.28 bits per heavy atom. The number of hydrogen-bond acceptors (Lipinski definition) is 6. The van der Waals surface area contributed by atoms with Crippen LogP contribution >= 0.6 is 0 Å². The summed E-state index contributed by atoms with van der Waals surface area (Å²) in [5.41, 5.74) is 7.93. The predicted molar refractivity (Wildman–Crippen MR) is 122 cm³/mol. The Labute approximate surface area is 187 Å². The van der Waals surface area contributed by atoms with Crippen molar-refractivity contribution in [3.63, 3.8) is 0 Å². The number of nitrogens with one attached hydrogen (secondary N) is 1. The van der Waals surface area contributed by atoms with Crippen LogP contribution in [-0.2, 0) is 20.8 Å². The standard InChI is InChI=1S/C25H28N2O5/c1-2-5-19(16-26)25(30)27-11-3-6-20(28)7-4-12-31-24-22-15-21(29)9-8-17(22)14-18-10-13-32-23(18)24/h1,8-10,13-14,19H,3-7,11-12,15-16,26H2,(H,27,30). The number of Topliss-reactive ketones (excluding diaryl/α,β-unsaturated/α-hetero) is 1. The van der Waals surface area contributed by atoms with Gasteiger partial charge in [-0.3, -0.25) is 14.4 Å². The fourth-order valence-electron chi connectivity index (χ4n) is 3.68. The number of ether oxygens (including phenoxy) is 1. The van der Waals surface area contributed by atoms with Gasteiger partial charge in [-0.1, -0.05) is 6.08 Å². The van der Waals surface area contributed by atoms with Crippen LogP contribution in [0.5, 0.6) is 5.75 Å². The lowest BCUT2D eigenvalue weighted by molar-refractivity contribution is -0.125. The maximum Gasteiger partial charge on any atom is 0.225 e. The maximum absolute atomic E-state index is 12.2. The molecule has 7 nitrogen and oxygen atoms in total. The summed E-state index contributed by atoms with van der Waals surface area (Å²) < 4.78 is 11.5. The lowest BCUT2D eigenvalue weighted by Gasteiger charge is -2.16. The van der Waals surface area contributed by atoms with Crippen molar-refractivity contribution in [1.82, 2.24) is 5.32 Å². The van der Waals surface area contributed by atoms with E-state index in [2.05, 4.69) is 11.2 Å². The summed E-state index contributed by atoms with van der Waals surface area (Å²) in [5, 5.41) is 3.69. The molecule has 1 aromatic heterocycles. The number of fused-ring (bicyclic) bond motifs is 2. The summed E-state index contributed by atoms with van der Waals surface area (Å²) in [6, 6.07) is 3.84. The summed E-state index contributed by atoms with van der Waals surface area (Å²) >= 11 is 0. The van der Waals surface area contributed by atoms with Gasteiger partial charge in [-0.2, -0.15) is 0 Å². The highest BCUT2D eigenvalue weighted by Crippen LogP contribution is 2.36. The number of furan rings is 1. The number of nitrogens with two attached hydrogens (primary N) is 1. The SMILES string of the molecule is C#CCC(CN)C(=O)NCCCC(=O)CCCOc1c2c(cc3ccoc13)C=CC(=O)C2. The first-order valence-electron chi connectivity index (χ1n) is 10.8. The van der Waals surface area contributed by atoms with E-state index >= 15 is 0 Å². The monoisotopic (exact) mass is 436 g/mol. The van der Waals surface area contributed by atoms with Crippen LogP contribution in [0.2, 0.25) is 0 Å². The summed E-state index contributed by atoms with van der Waals surface area (Å²) in [6.45, 7) is 0.960. The highest BCUT2D eigenvalue weighted by Gasteiger charge is 2.21. The van der Waals surface area contributed by atoms with E-state index < -0.39 is 0 Å². The Morgan fingerprint density at radius 3 is 2.88 bits per heavy atom. The third kappa shape index (κ3) is 5.86. The van der Waals surface area contributed by atoms with Crippen molar-refractivity contribution in [1.29, 1.82) is 0 Å². The zero-order chi connectivity index (χ0) is 22.9. The molecule has 0 fully saturated rings. The second kappa shape index (κ2) is 11.3. The minimum Gasteiger partial charge on any atom is -0.489 e. The first kappa shape index (κ1) is 23.3. The first-order chi connectivity index (χ1) is 15.5. The molecule has 0 aliphatic heterocycles. The average molecular weight is 437 g/mol. The summed E-state index contributed by atoms with van der Waals surface area (Å²) in [4.78, 5) is 35.9. The van der Waals surface area contributed by atoms with Crippen molar-refractivity contribution in [2.75, 3.05) is 19.7 Å². The molecule has 1 atom stereocenters. The van der Waals surface area contributed by atoms with Crippen LogP contribution in [-0.4, -0.2) is 37.2 Å². The first-order valence-corrected chi connectivity index (χ1v) is 10.8. The normalized spacial score (nSPS) is 13.4. The molecule has 0 saturated heterocycles. The van der Waals surface area contributed by atoms with Crippen LogP contribution < -0.4 is 15.8 Å². The molecule has 0 saturated carbocycles. The van der Waals surface area contributed by atoms with Crippen molar-refractivity contribution in [3.05, 3.63) is 35.6 Å². The van der Waals surface area contributed by atoms with E-state index in [0.717, 1.165) is 16.5 Å². The molecule has 0 spiro atoms. The smallest absolute Gasteiger partial charge is 0.225 e. The number of amides is 1. The van der Waals surface area contributed by atoms with Gasteiger partial charge in [-0.05, 0) is 36.6 Å². The fourth-order valence-corrected chi connectivity index (χ4v) is 3.68. The quantitative estimate of drug-likeness (QED) is 0.391. The second-order valence-electron chi connectivity index (χ2n) is 7.81. The van der Waals surface area contributed by atoms with E-state index in [-0.39, 0.29) is 36.4 Å². The molecule has 1 unspecified atom stereocenters. The lowest BCUT2D eigenvalue weighted by atomic mass is 9.94. The Kier molecular flexibility index (Phi) is 8.23. The number of rotatable bonds is 12. The van der Waals surface area contributed by atoms with Crippen LogP contribution in [0, 0.1) is 18.3 Å². The van der Waals surface area contributed by atoms with Gasteiger partial charge in [0.1, 0.15) is 5.78 Å². The number of ketones is 2. The molecule has 3 N–H and O–H groups in total. The third-order valence-electron chi connectivity index (χ3n) is 5.43. The molecular formula is C25H28N2O5. The Balaban J connectivity index is 1.42. The molecule has 1 heterocycles. The maximum atomic E-state index is 12.2. The second-order valence-corrected chi connectivity index (χ2v) is 7.81. The number of carbonyl (C=O) groups is 3. The molecule has 0 radical (unpaired) electrons. The van der Waals surface area contributed by atoms with Gasteiger partial charge in [0.25, 0.3) is 0 Å². The summed E-state index contributed by atoms with van der Waals surface area (Å²) in [7, 11) is 0. The molecule has 3 rings (SSSR count). The zero-order valence-corrected chi connectivity index (χ0v) is 18.0. The number of hydrogen-bond donors (Lipinski definition) is 2. The largest absolute Gasteiger partial charge is 0.489 e. The van der Waals surface area contributed by atoms with Gasteiger partial charge >= 0.3 is 0 Å². The van der Waals surface area contributed by atoms with Crippen LogP contribution in [0.25, 0.3) is 17.0 Å². The van der Waals surface area contributed by atoms with Crippen molar-refractivity contribution in [3.8, 4) is 18.1 Å². The van der Waals surface area contributed by atoms with E-state index in [1.807, 2.05) is 12.1 Å². The summed E-state index contributed by atoms with van der Waals surface area (Å²) in [6.07, 6.45) is 12.7. The van der Waals surface area contributed by atoms with Gasteiger partial charge in [0.2, 0.25) is 5.91 Å². The molecule has 1 aromatic carbocycles. The molecule has 7 heteroatoms. The predicted octanol–water partition coefficient (Wildman–Crippen LogP) is 2.79. The molecule has 32 heavy (non-hydrogen) atoms. The minimum atomic E-state index is -0.386. The Hall–Kier alpha value is -3.37. The third-order valence-corrected chi connectivity index (χ3v) is 5.43. The van der Waals surface area contributed by atoms with Gasteiger partial charge in [0.05, 0.1) is 18.8 Å². The molecular weight excluding hydrogens is 408 g/mol. The molecule has 168 valence electrons. The highest BCUT2D eigenvalue weighted by atomic mass is 16.5. The van der Waals surface area contributed by atoms with E-state index in [1.165, 1.54) is 0 Å². The van der Waals surface area contributed by atoms with E-state index in [0.29, 0.717) is 56.6 Å². The van der Waals surface area contributed by atoms with E-state index in [9.17, 15) is 14.4 Å². The van der Waals surface area contributed by atoms with Gasteiger partial charge in [-0.15, -0.1) is 12.3 Å². The highest BCUT2D eigenvalue weighted by molar-refractivity contribution is 6.01.